The fraction of sp³-hybridized carbons (Fsp3) is 0.267. The zero-order chi connectivity index (χ0) is 14.7. The number of nitrogens with one attached hydrogen (secondary N) is 1. The monoisotopic (exact) mass is 327 g/mol. The van der Waals surface area contributed by atoms with Crippen LogP contribution in [-0.4, -0.2) is 5.91 Å². The van der Waals surface area contributed by atoms with Crippen LogP contribution in [0.15, 0.2) is 24.3 Å². The van der Waals surface area contributed by atoms with Crippen LogP contribution in [0.25, 0.3) is 0 Å². The van der Waals surface area contributed by atoms with Crippen molar-refractivity contribution in [1.82, 2.24) is 5.32 Å². The first-order valence-corrected chi connectivity index (χ1v) is 7.90. The van der Waals surface area contributed by atoms with Gasteiger partial charge in [-0.1, -0.05) is 36.2 Å². The molecule has 0 saturated carbocycles. The standard InChI is InChI=1S/C15H15Cl2NOS/c1-3-13-9(2)6-14(20-13)15(19)18-8-10-4-5-11(16)7-12(10)17/h4-7H,3,8H2,1-2H3,(H,18,19). The van der Waals surface area contributed by atoms with Crippen LogP contribution in [0.2, 0.25) is 10.0 Å². The molecule has 0 atom stereocenters. The molecule has 0 aliphatic heterocycles. The molecule has 0 radical (unpaired) electrons. The van der Waals surface area contributed by atoms with E-state index >= 15 is 0 Å². The second-order valence-corrected chi connectivity index (χ2v) is 6.47. The quantitative estimate of drug-likeness (QED) is 0.853. The summed E-state index contributed by atoms with van der Waals surface area (Å²) in [6.07, 6.45) is 0.951. The van der Waals surface area contributed by atoms with E-state index in [-0.39, 0.29) is 5.91 Å². The summed E-state index contributed by atoms with van der Waals surface area (Å²) in [4.78, 5) is 14.1. The third-order valence-electron chi connectivity index (χ3n) is 3.02. The fourth-order valence-corrected chi connectivity index (χ4v) is 3.42. The molecule has 2 rings (SSSR count). The summed E-state index contributed by atoms with van der Waals surface area (Å²) in [6.45, 7) is 4.52. The molecule has 20 heavy (non-hydrogen) atoms. The maximum atomic E-state index is 12.1. The molecule has 0 spiro atoms. The molecule has 0 aliphatic carbocycles. The van der Waals surface area contributed by atoms with Crippen molar-refractivity contribution in [2.45, 2.75) is 26.8 Å². The topological polar surface area (TPSA) is 29.1 Å². The van der Waals surface area contributed by atoms with Crippen LogP contribution < -0.4 is 5.32 Å². The van der Waals surface area contributed by atoms with Gasteiger partial charge >= 0.3 is 0 Å². The summed E-state index contributed by atoms with van der Waals surface area (Å²) in [7, 11) is 0. The van der Waals surface area contributed by atoms with Crippen LogP contribution in [0.4, 0.5) is 0 Å². The Morgan fingerprint density at radius 2 is 2.05 bits per heavy atom. The lowest BCUT2D eigenvalue weighted by Gasteiger charge is -2.06. The van der Waals surface area contributed by atoms with E-state index in [4.69, 9.17) is 23.2 Å². The Bertz CT molecular complexity index is 637. The molecule has 1 amide bonds. The van der Waals surface area contributed by atoms with E-state index in [1.54, 1.807) is 23.5 Å². The highest BCUT2D eigenvalue weighted by molar-refractivity contribution is 7.14. The summed E-state index contributed by atoms with van der Waals surface area (Å²) in [5.41, 5.74) is 2.03. The number of halogens is 2. The molecule has 1 N–H and O–H groups in total. The predicted molar refractivity (Wildman–Crippen MR) is 86.1 cm³/mol. The molecular formula is C15H15Cl2NOS. The van der Waals surface area contributed by atoms with Crippen LogP contribution in [0.5, 0.6) is 0 Å². The van der Waals surface area contributed by atoms with Gasteiger partial charge in [0.2, 0.25) is 0 Å². The molecule has 0 saturated heterocycles. The van der Waals surface area contributed by atoms with E-state index in [1.807, 2.05) is 19.1 Å². The number of aryl methyl sites for hydroxylation is 2. The molecule has 0 bridgehead atoms. The van der Waals surface area contributed by atoms with E-state index in [2.05, 4.69) is 12.2 Å². The molecule has 0 aliphatic rings. The Kier molecular flexibility index (Phi) is 5.08. The molecule has 1 heterocycles. The van der Waals surface area contributed by atoms with E-state index in [0.717, 1.165) is 16.9 Å². The summed E-state index contributed by atoms with van der Waals surface area (Å²) in [6, 6.07) is 7.19. The van der Waals surface area contributed by atoms with Gasteiger partial charge in [0.05, 0.1) is 4.88 Å². The Balaban J connectivity index is 2.04. The van der Waals surface area contributed by atoms with Gasteiger partial charge in [-0.2, -0.15) is 0 Å². The normalized spacial score (nSPS) is 10.6. The molecule has 0 unspecified atom stereocenters. The molecule has 106 valence electrons. The number of hydrogen-bond donors (Lipinski definition) is 1. The van der Waals surface area contributed by atoms with Crippen molar-refractivity contribution in [3.63, 3.8) is 0 Å². The van der Waals surface area contributed by atoms with Gasteiger partial charge in [-0.25, -0.2) is 0 Å². The average molecular weight is 328 g/mol. The van der Waals surface area contributed by atoms with Gasteiger partial charge in [0.1, 0.15) is 0 Å². The van der Waals surface area contributed by atoms with Crippen molar-refractivity contribution in [3.05, 3.63) is 55.2 Å². The van der Waals surface area contributed by atoms with Crippen molar-refractivity contribution in [3.8, 4) is 0 Å². The second-order valence-electron chi connectivity index (χ2n) is 4.49. The highest BCUT2D eigenvalue weighted by atomic mass is 35.5. The molecule has 2 aromatic rings. The zero-order valence-electron chi connectivity index (χ0n) is 11.3. The molecular weight excluding hydrogens is 313 g/mol. The predicted octanol–water partition coefficient (Wildman–Crippen LogP) is 4.86. The first-order chi connectivity index (χ1) is 9.51. The van der Waals surface area contributed by atoms with Crippen molar-refractivity contribution in [2.75, 3.05) is 0 Å². The Morgan fingerprint density at radius 3 is 2.65 bits per heavy atom. The number of carbonyl (C=O) groups excluding carboxylic acids is 1. The number of rotatable bonds is 4. The van der Waals surface area contributed by atoms with E-state index in [9.17, 15) is 4.79 Å². The summed E-state index contributed by atoms with van der Waals surface area (Å²) in [5, 5.41) is 4.04. The minimum Gasteiger partial charge on any atom is -0.347 e. The van der Waals surface area contributed by atoms with Crippen molar-refractivity contribution < 1.29 is 4.79 Å². The highest BCUT2D eigenvalue weighted by Gasteiger charge is 2.12. The van der Waals surface area contributed by atoms with Gasteiger partial charge in [0.25, 0.3) is 5.91 Å². The largest absolute Gasteiger partial charge is 0.347 e. The van der Waals surface area contributed by atoms with Gasteiger partial charge in [0, 0.05) is 21.5 Å². The zero-order valence-corrected chi connectivity index (χ0v) is 13.6. The highest BCUT2D eigenvalue weighted by Crippen LogP contribution is 2.23. The summed E-state index contributed by atoms with van der Waals surface area (Å²) >= 11 is 13.5. The van der Waals surface area contributed by atoms with Crippen molar-refractivity contribution in [2.24, 2.45) is 0 Å². The molecule has 0 fully saturated rings. The number of carbonyl (C=O) groups is 1. The van der Waals surface area contributed by atoms with Gasteiger partial charge in [-0.15, -0.1) is 11.3 Å². The van der Waals surface area contributed by atoms with Crippen LogP contribution in [0, 0.1) is 6.92 Å². The first kappa shape index (κ1) is 15.4. The van der Waals surface area contributed by atoms with Crippen LogP contribution in [0.3, 0.4) is 0 Å². The lowest BCUT2D eigenvalue weighted by atomic mass is 10.2. The average Bonchev–Trinajstić information content (AvgIpc) is 2.79. The van der Waals surface area contributed by atoms with E-state index < -0.39 is 0 Å². The van der Waals surface area contributed by atoms with Crippen LogP contribution >= 0.6 is 34.5 Å². The Labute approximate surface area is 132 Å². The van der Waals surface area contributed by atoms with Crippen molar-refractivity contribution in [1.29, 1.82) is 0 Å². The molecule has 5 heteroatoms. The second kappa shape index (κ2) is 6.61. The number of thiophene rings is 1. The third-order valence-corrected chi connectivity index (χ3v) is 4.99. The third kappa shape index (κ3) is 3.54. The van der Waals surface area contributed by atoms with E-state index in [1.165, 1.54) is 10.4 Å². The molecule has 1 aromatic heterocycles. The smallest absolute Gasteiger partial charge is 0.261 e. The SMILES string of the molecule is CCc1sc(C(=O)NCc2ccc(Cl)cc2Cl)cc1C. The minimum atomic E-state index is -0.0659. The maximum absolute atomic E-state index is 12.1. The summed E-state index contributed by atoms with van der Waals surface area (Å²) < 4.78 is 0. The van der Waals surface area contributed by atoms with Gasteiger partial charge in [0.15, 0.2) is 0 Å². The minimum absolute atomic E-state index is 0.0659. The van der Waals surface area contributed by atoms with E-state index in [0.29, 0.717) is 16.6 Å². The Morgan fingerprint density at radius 1 is 1.30 bits per heavy atom. The first-order valence-electron chi connectivity index (χ1n) is 6.32. The van der Waals surface area contributed by atoms with Crippen LogP contribution in [0.1, 0.15) is 32.6 Å². The maximum Gasteiger partial charge on any atom is 0.261 e. The number of amides is 1. The van der Waals surface area contributed by atoms with Crippen LogP contribution in [-0.2, 0) is 13.0 Å². The number of hydrogen-bond acceptors (Lipinski definition) is 2. The summed E-state index contributed by atoms with van der Waals surface area (Å²) in [5.74, 6) is -0.0659. The number of benzene rings is 1. The fourth-order valence-electron chi connectivity index (χ4n) is 1.91. The molecule has 1 aromatic carbocycles. The Hall–Kier alpha value is -1.03. The van der Waals surface area contributed by atoms with Gasteiger partial charge < -0.3 is 5.32 Å². The molecule has 2 nitrogen and oxygen atoms in total. The van der Waals surface area contributed by atoms with Crippen molar-refractivity contribution >= 4 is 40.4 Å². The lowest BCUT2D eigenvalue weighted by Crippen LogP contribution is -2.21. The van der Waals surface area contributed by atoms with Gasteiger partial charge in [-0.3, -0.25) is 4.79 Å². The lowest BCUT2D eigenvalue weighted by molar-refractivity contribution is 0.0955. The van der Waals surface area contributed by atoms with Gasteiger partial charge in [-0.05, 0) is 42.7 Å².